The summed E-state index contributed by atoms with van der Waals surface area (Å²) in [5, 5.41) is 3.82. The van der Waals surface area contributed by atoms with Crippen LogP contribution < -0.4 is 5.32 Å². The zero-order valence-corrected chi connectivity index (χ0v) is 10.1. The van der Waals surface area contributed by atoms with Crippen molar-refractivity contribution in [3.05, 3.63) is 34.6 Å². The van der Waals surface area contributed by atoms with E-state index in [2.05, 4.69) is 17.1 Å². The van der Waals surface area contributed by atoms with Crippen molar-refractivity contribution in [2.24, 2.45) is 0 Å². The number of halogens is 2. The topological polar surface area (TPSA) is 15.3 Å². The van der Waals surface area contributed by atoms with Gasteiger partial charge in [-0.05, 0) is 24.7 Å². The van der Waals surface area contributed by atoms with Crippen LogP contribution in [-0.4, -0.2) is 30.6 Å². The van der Waals surface area contributed by atoms with Crippen molar-refractivity contribution >= 4 is 11.6 Å². The molecule has 1 aromatic carbocycles. The lowest BCUT2D eigenvalue weighted by molar-refractivity contribution is 0.143. The molecule has 0 radical (unpaired) electrons. The van der Waals surface area contributed by atoms with Gasteiger partial charge in [0.15, 0.2) is 0 Å². The smallest absolute Gasteiger partial charge is 0.127 e. The maximum Gasteiger partial charge on any atom is 0.127 e. The summed E-state index contributed by atoms with van der Waals surface area (Å²) in [6.45, 7) is 5.65. The molecule has 1 aliphatic heterocycles. The molecule has 2 rings (SSSR count). The largest absolute Gasteiger partial charge is 0.314 e. The highest BCUT2D eigenvalue weighted by Crippen LogP contribution is 2.18. The first-order valence-corrected chi connectivity index (χ1v) is 5.97. The van der Waals surface area contributed by atoms with Crippen LogP contribution in [-0.2, 0) is 6.54 Å². The SMILES string of the molecule is CCN(Cc1cc(Cl)ccc1F)C1CNC1. The van der Waals surface area contributed by atoms with E-state index in [0.717, 1.165) is 19.6 Å². The summed E-state index contributed by atoms with van der Waals surface area (Å²) in [4.78, 5) is 2.27. The van der Waals surface area contributed by atoms with E-state index in [1.165, 1.54) is 6.07 Å². The van der Waals surface area contributed by atoms with Crippen molar-refractivity contribution in [3.8, 4) is 0 Å². The van der Waals surface area contributed by atoms with Crippen LogP contribution in [0.2, 0.25) is 5.02 Å². The number of likely N-dealkylation sites (N-methyl/N-ethyl adjacent to an activating group) is 1. The number of hydrogen-bond acceptors (Lipinski definition) is 2. The monoisotopic (exact) mass is 242 g/mol. The second kappa shape index (κ2) is 5.13. The van der Waals surface area contributed by atoms with E-state index in [-0.39, 0.29) is 5.82 Å². The Morgan fingerprint density at radius 1 is 1.50 bits per heavy atom. The molecule has 1 heterocycles. The Labute approximate surface area is 100 Å². The van der Waals surface area contributed by atoms with Crippen molar-refractivity contribution in [1.29, 1.82) is 0 Å². The van der Waals surface area contributed by atoms with E-state index < -0.39 is 0 Å². The minimum atomic E-state index is -0.171. The highest BCUT2D eigenvalue weighted by Gasteiger charge is 2.23. The average Bonchev–Trinajstić information content (AvgIpc) is 2.19. The zero-order valence-electron chi connectivity index (χ0n) is 9.34. The van der Waals surface area contributed by atoms with Gasteiger partial charge in [-0.25, -0.2) is 4.39 Å². The number of hydrogen-bond donors (Lipinski definition) is 1. The molecule has 0 spiro atoms. The fourth-order valence-corrected chi connectivity index (χ4v) is 2.11. The summed E-state index contributed by atoms with van der Waals surface area (Å²) in [6.07, 6.45) is 0. The second-order valence-electron chi connectivity index (χ2n) is 4.11. The lowest BCUT2D eigenvalue weighted by Gasteiger charge is -2.37. The van der Waals surface area contributed by atoms with Gasteiger partial charge in [-0.1, -0.05) is 18.5 Å². The molecule has 0 saturated carbocycles. The third kappa shape index (κ3) is 2.54. The van der Waals surface area contributed by atoms with Gasteiger partial charge in [0.25, 0.3) is 0 Å². The first-order valence-electron chi connectivity index (χ1n) is 5.59. The molecule has 88 valence electrons. The Hall–Kier alpha value is -0.640. The van der Waals surface area contributed by atoms with Crippen LogP contribution in [0.5, 0.6) is 0 Å². The summed E-state index contributed by atoms with van der Waals surface area (Å²) >= 11 is 5.87. The van der Waals surface area contributed by atoms with Crippen LogP contribution in [0.4, 0.5) is 4.39 Å². The first-order chi connectivity index (χ1) is 7.70. The molecule has 1 N–H and O–H groups in total. The van der Waals surface area contributed by atoms with Crippen LogP contribution in [0.3, 0.4) is 0 Å². The molecular formula is C12H16ClFN2. The molecule has 16 heavy (non-hydrogen) atoms. The second-order valence-corrected chi connectivity index (χ2v) is 4.55. The number of rotatable bonds is 4. The Kier molecular flexibility index (Phi) is 3.79. The summed E-state index contributed by atoms with van der Waals surface area (Å²) in [7, 11) is 0. The van der Waals surface area contributed by atoms with Gasteiger partial charge in [0, 0.05) is 36.3 Å². The molecule has 1 aromatic rings. The maximum absolute atomic E-state index is 13.6. The van der Waals surface area contributed by atoms with E-state index in [4.69, 9.17) is 11.6 Å². The molecule has 1 fully saturated rings. The van der Waals surface area contributed by atoms with Crippen molar-refractivity contribution in [2.75, 3.05) is 19.6 Å². The molecule has 0 amide bonds. The lowest BCUT2D eigenvalue weighted by Crippen LogP contribution is -2.56. The molecule has 4 heteroatoms. The highest BCUT2D eigenvalue weighted by molar-refractivity contribution is 6.30. The van der Waals surface area contributed by atoms with Crippen LogP contribution in [0.25, 0.3) is 0 Å². The number of benzene rings is 1. The molecule has 0 bridgehead atoms. The standard InChI is InChI=1S/C12H16ClFN2/c1-2-16(11-6-15-7-11)8-9-5-10(13)3-4-12(9)14/h3-5,11,15H,2,6-8H2,1H3. The van der Waals surface area contributed by atoms with Crippen molar-refractivity contribution in [1.82, 2.24) is 10.2 Å². The minimum absolute atomic E-state index is 0.171. The maximum atomic E-state index is 13.6. The van der Waals surface area contributed by atoms with Gasteiger partial charge in [-0.3, -0.25) is 4.90 Å². The summed E-state index contributed by atoms with van der Waals surface area (Å²) in [6, 6.07) is 5.26. The Morgan fingerprint density at radius 2 is 2.25 bits per heavy atom. The molecule has 0 atom stereocenters. The average molecular weight is 243 g/mol. The van der Waals surface area contributed by atoms with Gasteiger partial charge < -0.3 is 5.32 Å². The molecule has 0 aliphatic carbocycles. The quantitative estimate of drug-likeness (QED) is 0.872. The fourth-order valence-electron chi connectivity index (χ4n) is 1.91. The van der Waals surface area contributed by atoms with E-state index in [1.54, 1.807) is 12.1 Å². The Balaban J connectivity index is 2.08. The molecule has 1 saturated heterocycles. The number of nitrogens with one attached hydrogen (secondary N) is 1. The van der Waals surface area contributed by atoms with Crippen molar-refractivity contribution < 1.29 is 4.39 Å². The zero-order chi connectivity index (χ0) is 11.5. The Morgan fingerprint density at radius 3 is 2.81 bits per heavy atom. The summed E-state index contributed by atoms with van der Waals surface area (Å²) in [5.41, 5.74) is 0.682. The summed E-state index contributed by atoms with van der Waals surface area (Å²) in [5.74, 6) is -0.171. The Bertz CT molecular complexity index is 366. The predicted molar refractivity (Wildman–Crippen MR) is 64.2 cm³/mol. The summed E-state index contributed by atoms with van der Waals surface area (Å²) < 4.78 is 13.6. The van der Waals surface area contributed by atoms with Crippen molar-refractivity contribution in [3.63, 3.8) is 0 Å². The van der Waals surface area contributed by atoms with Gasteiger partial charge >= 0.3 is 0 Å². The van der Waals surface area contributed by atoms with Gasteiger partial charge in [0.2, 0.25) is 0 Å². The first kappa shape index (κ1) is 11.8. The van der Waals surface area contributed by atoms with Crippen LogP contribution in [0.15, 0.2) is 18.2 Å². The molecule has 1 aliphatic rings. The number of nitrogens with zero attached hydrogens (tertiary/aromatic N) is 1. The molecule has 0 aromatic heterocycles. The fraction of sp³-hybridized carbons (Fsp3) is 0.500. The van der Waals surface area contributed by atoms with Gasteiger partial charge in [0.05, 0.1) is 0 Å². The van der Waals surface area contributed by atoms with Crippen LogP contribution >= 0.6 is 11.6 Å². The molecular weight excluding hydrogens is 227 g/mol. The van der Waals surface area contributed by atoms with E-state index in [0.29, 0.717) is 23.2 Å². The predicted octanol–water partition coefficient (Wildman–Crippen LogP) is 2.27. The van der Waals surface area contributed by atoms with E-state index >= 15 is 0 Å². The normalized spacial score (nSPS) is 16.5. The van der Waals surface area contributed by atoms with Crippen molar-refractivity contribution in [2.45, 2.75) is 19.5 Å². The van der Waals surface area contributed by atoms with Gasteiger partial charge in [-0.15, -0.1) is 0 Å². The molecule has 2 nitrogen and oxygen atoms in total. The third-order valence-electron chi connectivity index (χ3n) is 3.06. The minimum Gasteiger partial charge on any atom is -0.314 e. The molecule has 0 unspecified atom stereocenters. The van der Waals surface area contributed by atoms with E-state index in [9.17, 15) is 4.39 Å². The lowest BCUT2D eigenvalue weighted by atomic mass is 10.1. The van der Waals surface area contributed by atoms with Crippen LogP contribution in [0, 0.1) is 5.82 Å². The van der Waals surface area contributed by atoms with Crippen LogP contribution in [0.1, 0.15) is 12.5 Å². The van der Waals surface area contributed by atoms with Gasteiger partial charge in [0.1, 0.15) is 5.82 Å². The van der Waals surface area contributed by atoms with Gasteiger partial charge in [-0.2, -0.15) is 0 Å². The third-order valence-corrected chi connectivity index (χ3v) is 3.30. The van der Waals surface area contributed by atoms with E-state index in [1.807, 2.05) is 0 Å². The highest BCUT2D eigenvalue weighted by atomic mass is 35.5.